The number of rotatable bonds is 2. The molecular formula is C15H15FN4. The highest BCUT2D eigenvalue weighted by atomic mass is 19.1. The van der Waals surface area contributed by atoms with E-state index in [9.17, 15) is 4.39 Å². The minimum Gasteiger partial charge on any atom is -0.383 e. The molecule has 1 aromatic carbocycles. The average Bonchev–Trinajstić information content (AvgIpc) is 2.80. The molecule has 0 radical (unpaired) electrons. The summed E-state index contributed by atoms with van der Waals surface area (Å²) >= 11 is 0. The first-order chi connectivity index (χ1) is 9.63. The Bertz CT molecular complexity index is 792. The fourth-order valence-corrected chi connectivity index (χ4v) is 2.49. The van der Waals surface area contributed by atoms with Gasteiger partial charge >= 0.3 is 0 Å². The number of hydrogen-bond acceptors (Lipinski definition) is 3. The smallest absolute Gasteiger partial charge is 0.142 e. The van der Waals surface area contributed by atoms with Crippen LogP contribution in [0.4, 0.5) is 10.2 Å². The highest BCUT2D eigenvalue weighted by Crippen LogP contribution is 2.32. The molecule has 0 aliphatic carbocycles. The van der Waals surface area contributed by atoms with Gasteiger partial charge in [0.05, 0.1) is 11.6 Å². The molecule has 0 aliphatic heterocycles. The first-order valence-corrected chi connectivity index (χ1v) is 6.49. The second-order valence-corrected chi connectivity index (χ2v) is 4.68. The van der Waals surface area contributed by atoms with Gasteiger partial charge in [-0.2, -0.15) is 5.10 Å². The van der Waals surface area contributed by atoms with Crippen molar-refractivity contribution in [3.63, 3.8) is 0 Å². The summed E-state index contributed by atoms with van der Waals surface area (Å²) in [6.45, 7) is 4.69. The lowest BCUT2D eigenvalue weighted by Gasteiger charge is -2.08. The Morgan fingerprint density at radius 3 is 2.75 bits per heavy atom. The van der Waals surface area contributed by atoms with Gasteiger partial charge < -0.3 is 5.73 Å². The Morgan fingerprint density at radius 1 is 1.25 bits per heavy atom. The van der Waals surface area contributed by atoms with Gasteiger partial charge in [-0.1, -0.05) is 12.1 Å². The third kappa shape index (κ3) is 1.74. The summed E-state index contributed by atoms with van der Waals surface area (Å²) in [5.74, 6) is -0.130. The first kappa shape index (κ1) is 12.6. The van der Waals surface area contributed by atoms with Gasteiger partial charge in [-0.3, -0.25) is 4.68 Å². The second-order valence-electron chi connectivity index (χ2n) is 4.68. The van der Waals surface area contributed by atoms with E-state index in [1.165, 1.54) is 0 Å². The predicted molar refractivity (Wildman–Crippen MR) is 77.7 cm³/mol. The number of fused-ring (bicyclic) bond motifs is 1. The lowest BCUT2D eigenvalue weighted by atomic mass is 10.0. The molecular weight excluding hydrogens is 255 g/mol. The standard InChI is InChI=1S/C15H15FN4/c1-3-20-9(2)12(8-19-20)11-5-4-10-6-7-18-15(17)13(10)14(11)16/h4-8H,3H2,1-2H3,(H2,17,18). The summed E-state index contributed by atoms with van der Waals surface area (Å²) < 4.78 is 16.6. The van der Waals surface area contributed by atoms with Crippen LogP contribution >= 0.6 is 0 Å². The molecule has 0 saturated carbocycles. The topological polar surface area (TPSA) is 56.7 Å². The molecule has 0 amide bonds. The molecule has 0 bridgehead atoms. The van der Waals surface area contributed by atoms with Crippen molar-refractivity contribution >= 4 is 16.6 Å². The molecule has 0 spiro atoms. The molecule has 0 saturated heterocycles. The van der Waals surface area contributed by atoms with Crippen LogP contribution < -0.4 is 5.73 Å². The molecule has 4 nitrogen and oxygen atoms in total. The van der Waals surface area contributed by atoms with Gasteiger partial charge in [0.15, 0.2) is 0 Å². The number of nitrogens with zero attached hydrogens (tertiary/aromatic N) is 3. The van der Waals surface area contributed by atoms with Crippen molar-refractivity contribution in [1.82, 2.24) is 14.8 Å². The molecule has 0 aliphatic rings. The van der Waals surface area contributed by atoms with Crippen LogP contribution in [0, 0.1) is 12.7 Å². The van der Waals surface area contributed by atoms with Crippen molar-refractivity contribution in [3.05, 3.63) is 42.1 Å². The maximum atomic E-state index is 14.8. The maximum Gasteiger partial charge on any atom is 0.142 e. The van der Waals surface area contributed by atoms with E-state index in [0.29, 0.717) is 10.9 Å². The van der Waals surface area contributed by atoms with Crippen molar-refractivity contribution in [2.45, 2.75) is 20.4 Å². The number of aryl methyl sites for hydroxylation is 1. The van der Waals surface area contributed by atoms with Gasteiger partial charge in [-0.05, 0) is 25.3 Å². The summed E-state index contributed by atoms with van der Waals surface area (Å²) in [6.07, 6.45) is 3.27. The van der Waals surface area contributed by atoms with Gasteiger partial charge in [0.25, 0.3) is 0 Å². The molecule has 3 aromatic rings. The first-order valence-electron chi connectivity index (χ1n) is 6.49. The Hall–Kier alpha value is -2.43. The van der Waals surface area contributed by atoms with Gasteiger partial charge in [0, 0.05) is 29.6 Å². The van der Waals surface area contributed by atoms with Gasteiger partial charge in [0.1, 0.15) is 11.6 Å². The fraction of sp³-hybridized carbons (Fsp3) is 0.200. The van der Waals surface area contributed by atoms with Crippen LogP contribution in [0.15, 0.2) is 30.6 Å². The minimum atomic E-state index is -0.341. The molecule has 5 heteroatoms. The van der Waals surface area contributed by atoms with E-state index in [1.54, 1.807) is 24.5 Å². The predicted octanol–water partition coefficient (Wildman–Crippen LogP) is 3.15. The number of nitrogens with two attached hydrogens (primary N) is 1. The lowest BCUT2D eigenvalue weighted by molar-refractivity contribution is 0.637. The molecule has 2 N–H and O–H groups in total. The van der Waals surface area contributed by atoms with Gasteiger partial charge in [-0.15, -0.1) is 0 Å². The number of hydrogen-bond donors (Lipinski definition) is 1. The molecule has 0 fully saturated rings. The zero-order valence-electron chi connectivity index (χ0n) is 11.4. The lowest BCUT2D eigenvalue weighted by Crippen LogP contribution is -1.99. The van der Waals surface area contributed by atoms with Gasteiger partial charge in [-0.25, -0.2) is 9.37 Å². The number of halogens is 1. The average molecular weight is 270 g/mol. The molecule has 2 heterocycles. The molecule has 3 rings (SSSR count). The van der Waals surface area contributed by atoms with E-state index in [2.05, 4.69) is 10.1 Å². The molecule has 2 aromatic heterocycles. The van der Waals surface area contributed by atoms with Crippen LogP contribution in [0.2, 0.25) is 0 Å². The van der Waals surface area contributed by atoms with Crippen molar-refractivity contribution in [3.8, 4) is 11.1 Å². The van der Waals surface area contributed by atoms with Crippen molar-refractivity contribution in [2.24, 2.45) is 0 Å². The molecule has 0 atom stereocenters. The Kier molecular flexibility index (Phi) is 2.89. The van der Waals surface area contributed by atoms with Crippen LogP contribution in [0.25, 0.3) is 21.9 Å². The number of anilines is 1. The largest absolute Gasteiger partial charge is 0.383 e. The minimum absolute atomic E-state index is 0.211. The van der Waals surface area contributed by atoms with E-state index in [0.717, 1.165) is 23.2 Å². The number of nitrogen functional groups attached to an aromatic ring is 1. The van der Waals surface area contributed by atoms with Crippen LogP contribution in [0.1, 0.15) is 12.6 Å². The fourth-order valence-electron chi connectivity index (χ4n) is 2.49. The van der Waals surface area contributed by atoms with Crippen LogP contribution in [0.3, 0.4) is 0 Å². The summed E-state index contributed by atoms with van der Waals surface area (Å²) in [4.78, 5) is 3.96. The summed E-state index contributed by atoms with van der Waals surface area (Å²) in [6, 6.07) is 5.37. The number of pyridine rings is 1. The zero-order valence-corrected chi connectivity index (χ0v) is 11.4. The van der Waals surface area contributed by atoms with Crippen molar-refractivity contribution in [2.75, 3.05) is 5.73 Å². The normalized spacial score (nSPS) is 11.2. The number of benzene rings is 1. The highest BCUT2D eigenvalue weighted by molar-refractivity contribution is 5.95. The summed E-state index contributed by atoms with van der Waals surface area (Å²) in [7, 11) is 0. The van der Waals surface area contributed by atoms with Crippen molar-refractivity contribution in [1.29, 1.82) is 0 Å². The van der Waals surface area contributed by atoms with E-state index < -0.39 is 0 Å². The van der Waals surface area contributed by atoms with E-state index >= 15 is 0 Å². The summed E-state index contributed by atoms with van der Waals surface area (Å²) in [5.41, 5.74) is 8.03. The Labute approximate surface area is 116 Å². The monoisotopic (exact) mass is 270 g/mol. The summed E-state index contributed by atoms with van der Waals surface area (Å²) in [5, 5.41) is 5.38. The van der Waals surface area contributed by atoms with Gasteiger partial charge in [0.2, 0.25) is 0 Å². The Balaban J connectivity index is 2.29. The third-order valence-electron chi connectivity index (χ3n) is 3.59. The maximum absolute atomic E-state index is 14.8. The number of aromatic nitrogens is 3. The SMILES string of the molecule is CCn1ncc(-c2ccc3ccnc(N)c3c2F)c1C. The van der Waals surface area contributed by atoms with E-state index in [-0.39, 0.29) is 11.6 Å². The van der Waals surface area contributed by atoms with Crippen LogP contribution in [-0.4, -0.2) is 14.8 Å². The molecule has 20 heavy (non-hydrogen) atoms. The highest BCUT2D eigenvalue weighted by Gasteiger charge is 2.16. The molecule has 102 valence electrons. The third-order valence-corrected chi connectivity index (χ3v) is 3.59. The van der Waals surface area contributed by atoms with Crippen LogP contribution in [0.5, 0.6) is 0 Å². The molecule has 0 unspecified atom stereocenters. The second kappa shape index (κ2) is 4.59. The van der Waals surface area contributed by atoms with E-state index in [4.69, 9.17) is 5.73 Å². The van der Waals surface area contributed by atoms with Crippen molar-refractivity contribution < 1.29 is 4.39 Å². The quantitative estimate of drug-likeness (QED) is 0.778. The zero-order chi connectivity index (χ0) is 14.3. The van der Waals surface area contributed by atoms with Crippen LogP contribution in [-0.2, 0) is 6.54 Å². The van der Waals surface area contributed by atoms with E-state index in [1.807, 2.05) is 24.6 Å². The Morgan fingerprint density at radius 2 is 2.05 bits per heavy atom.